The van der Waals surface area contributed by atoms with Gasteiger partial charge in [-0.25, -0.2) is 4.79 Å². The maximum absolute atomic E-state index is 11.8. The molecule has 1 aliphatic carbocycles. The minimum Gasteiger partial charge on any atom is -0.321 e. The Labute approximate surface area is 99.2 Å². The molecule has 96 valence electrons. The Balaban J connectivity index is 1.89. The van der Waals surface area contributed by atoms with Crippen LogP contribution in [-0.2, 0) is 14.7 Å². The summed E-state index contributed by atoms with van der Waals surface area (Å²) in [5, 5.41) is 0.849. The first-order valence-corrected chi connectivity index (χ1v) is 7.03. The number of hydrogen-bond donors (Lipinski definition) is 1. The van der Waals surface area contributed by atoms with Crippen LogP contribution in [0.2, 0.25) is 0 Å². The summed E-state index contributed by atoms with van der Waals surface area (Å²) in [6.07, 6.45) is 3.97. The highest BCUT2D eigenvalue weighted by molar-refractivity contribution is 7.80. The molecule has 2 saturated heterocycles. The Hall–Kier alpha value is -0.860. The number of piperidine rings is 1. The lowest BCUT2D eigenvalue weighted by Gasteiger charge is -2.49. The van der Waals surface area contributed by atoms with Gasteiger partial charge < -0.3 is 4.90 Å². The van der Waals surface area contributed by atoms with Gasteiger partial charge in [0.25, 0.3) is 0 Å². The van der Waals surface area contributed by atoms with E-state index >= 15 is 0 Å². The summed E-state index contributed by atoms with van der Waals surface area (Å²) in [7, 11) is -4.64. The fourth-order valence-corrected chi connectivity index (χ4v) is 3.56. The highest BCUT2D eigenvalue weighted by atomic mass is 32.3. The normalized spacial score (nSPS) is 30.9. The van der Waals surface area contributed by atoms with Crippen molar-refractivity contribution in [2.45, 2.75) is 31.7 Å². The second-order valence-corrected chi connectivity index (χ2v) is 6.04. The lowest BCUT2D eigenvalue weighted by atomic mass is 9.61. The summed E-state index contributed by atoms with van der Waals surface area (Å²) < 4.78 is 34.7. The van der Waals surface area contributed by atoms with Crippen molar-refractivity contribution in [3.8, 4) is 0 Å². The molecule has 3 fully saturated rings. The van der Waals surface area contributed by atoms with Crippen molar-refractivity contribution < 1.29 is 22.0 Å². The highest BCUT2D eigenvalue weighted by Crippen LogP contribution is 2.53. The molecular formula is C9H14N2O5S. The predicted octanol–water partition coefficient (Wildman–Crippen LogP) is 0.401. The zero-order valence-corrected chi connectivity index (χ0v) is 10.0. The van der Waals surface area contributed by atoms with E-state index in [1.165, 1.54) is 0 Å². The third-order valence-corrected chi connectivity index (χ3v) is 4.59. The average molecular weight is 262 g/mol. The van der Waals surface area contributed by atoms with E-state index in [-0.39, 0.29) is 11.5 Å². The molecule has 1 saturated carbocycles. The molecule has 17 heavy (non-hydrogen) atoms. The first kappa shape index (κ1) is 11.2. The molecule has 0 aromatic rings. The Kier molecular flexibility index (Phi) is 2.20. The van der Waals surface area contributed by atoms with Gasteiger partial charge >= 0.3 is 16.4 Å². The van der Waals surface area contributed by atoms with Crippen molar-refractivity contribution in [1.29, 1.82) is 0 Å². The summed E-state index contributed by atoms with van der Waals surface area (Å²) in [5.74, 6) is 0. The molecule has 2 bridgehead atoms. The molecular weight excluding hydrogens is 248 g/mol. The Morgan fingerprint density at radius 2 is 2.06 bits per heavy atom. The van der Waals surface area contributed by atoms with Crippen LogP contribution < -0.4 is 0 Å². The van der Waals surface area contributed by atoms with E-state index in [2.05, 4.69) is 4.28 Å². The van der Waals surface area contributed by atoms with Gasteiger partial charge in [-0.3, -0.25) is 4.55 Å². The molecule has 8 heteroatoms. The van der Waals surface area contributed by atoms with Gasteiger partial charge in [0.2, 0.25) is 0 Å². The van der Waals surface area contributed by atoms with Crippen LogP contribution >= 0.6 is 0 Å². The van der Waals surface area contributed by atoms with Crippen LogP contribution in [0.4, 0.5) is 4.79 Å². The topological polar surface area (TPSA) is 87.2 Å². The molecule has 0 aromatic heterocycles. The van der Waals surface area contributed by atoms with Gasteiger partial charge in [-0.05, 0) is 24.7 Å². The number of hydrogen-bond acceptors (Lipinski definition) is 4. The average Bonchev–Trinajstić information content (AvgIpc) is 2.41. The van der Waals surface area contributed by atoms with E-state index < -0.39 is 16.4 Å². The smallest absolute Gasteiger partial charge is 0.321 e. The van der Waals surface area contributed by atoms with Crippen LogP contribution in [0.5, 0.6) is 0 Å². The molecule has 2 heterocycles. The van der Waals surface area contributed by atoms with Gasteiger partial charge in [-0.15, -0.1) is 4.28 Å². The summed E-state index contributed by atoms with van der Waals surface area (Å²) in [6, 6.07) is -0.712. The second-order valence-electron chi connectivity index (χ2n) is 5.04. The van der Waals surface area contributed by atoms with E-state index in [1.807, 2.05) is 0 Å². The van der Waals surface area contributed by atoms with Crippen molar-refractivity contribution in [3.63, 3.8) is 0 Å². The maximum Gasteiger partial charge on any atom is 0.418 e. The van der Waals surface area contributed by atoms with Crippen molar-refractivity contribution in [1.82, 2.24) is 9.96 Å². The Bertz CT molecular complexity index is 458. The maximum atomic E-state index is 11.8. The van der Waals surface area contributed by atoms with Crippen LogP contribution in [0.3, 0.4) is 0 Å². The minimum atomic E-state index is -4.64. The van der Waals surface area contributed by atoms with E-state index in [1.54, 1.807) is 4.90 Å². The molecule has 7 nitrogen and oxygen atoms in total. The van der Waals surface area contributed by atoms with E-state index in [9.17, 15) is 13.2 Å². The quantitative estimate of drug-likeness (QED) is 0.728. The first-order valence-electron chi connectivity index (χ1n) is 5.66. The number of nitrogens with zero attached hydrogens (tertiary/aromatic N) is 2. The minimum absolute atomic E-state index is 0.00660. The molecule has 2 aliphatic heterocycles. The molecule has 1 atom stereocenters. The largest absolute Gasteiger partial charge is 0.418 e. The van der Waals surface area contributed by atoms with Crippen LogP contribution in [0.15, 0.2) is 0 Å². The third-order valence-electron chi connectivity index (χ3n) is 4.25. The van der Waals surface area contributed by atoms with Crippen LogP contribution in [-0.4, -0.2) is 48.1 Å². The molecule has 3 aliphatic rings. The molecule has 3 rings (SSSR count). The van der Waals surface area contributed by atoms with Crippen molar-refractivity contribution in [2.75, 3.05) is 13.1 Å². The molecule has 1 unspecified atom stereocenters. The standard InChI is InChI=1S/C9H14N2O5S/c12-8-10-5-4-9(2-1-3-9)7(6-10)11(8)16-17(13,14)15/h7H,1-6H2,(H,13,14,15). The highest BCUT2D eigenvalue weighted by Gasteiger charge is 2.57. The van der Waals surface area contributed by atoms with E-state index in [0.717, 1.165) is 30.7 Å². The third kappa shape index (κ3) is 1.62. The molecule has 0 aromatic carbocycles. The molecule has 0 radical (unpaired) electrons. The number of carbonyl (C=O) groups is 1. The Morgan fingerprint density at radius 3 is 2.59 bits per heavy atom. The number of fused-ring (bicyclic) bond motifs is 3. The summed E-state index contributed by atoms with van der Waals surface area (Å²) in [6.45, 7) is 1.13. The van der Waals surface area contributed by atoms with Crippen molar-refractivity contribution >= 4 is 16.4 Å². The van der Waals surface area contributed by atoms with E-state index in [4.69, 9.17) is 4.55 Å². The van der Waals surface area contributed by atoms with Gasteiger partial charge in [-0.1, -0.05) is 6.42 Å². The van der Waals surface area contributed by atoms with Gasteiger partial charge in [0.15, 0.2) is 0 Å². The number of urea groups is 1. The van der Waals surface area contributed by atoms with Crippen LogP contribution in [0.25, 0.3) is 0 Å². The van der Waals surface area contributed by atoms with Gasteiger partial charge in [-0.2, -0.15) is 13.5 Å². The molecule has 1 spiro atoms. The second kappa shape index (κ2) is 3.33. The Morgan fingerprint density at radius 1 is 1.35 bits per heavy atom. The summed E-state index contributed by atoms with van der Waals surface area (Å²) >= 11 is 0. The number of hydroxylamine groups is 2. The van der Waals surface area contributed by atoms with Crippen molar-refractivity contribution in [2.24, 2.45) is 5.41 Å². The lowest BCUT2D eigenvalue weighted by molar-refractivity contribution is -0.0988. The first-order chi connectivity index (χ1) is 7.91. The van der Waals surface area contributed by atoms with Crippen LogP contribution in [0.1, 0.15) is 25.7 Å². The zero-order chi connectivity index (χ0) is 12.3. The molecule has 1 N–H and O–H groups in total. The van der Waals surface area contributed by atoms with Gasteiger partial charge in [0.05, 0.1) is 6.04 Å². The summed E-state index contributed by atoms with van der Waals surface area (Å²) in [5.41, 5.74) is -0.00660. The van der Waals surface area contributed by atoms with Crippen molar-refractivity contribution in [3.05, 3.63) is 0 Å². The van der Waals surface area contributed by atoms with Gasteiger partial charge in [0.1, 0.15) is 0 Å². The fourth-order valence-electron chi connectivity index (χ4n) is 3.19. The lowest BCUT2D eigenvalue weighted by Crippen LogP contribution is -2.52. The monoisotopic (exact) mass is 262 g/mol. The van der Waals surface area contributed by atoms with Gasteiger partial charge in [0, 0.05) is 13.1 Å². The fraction of sp³-hybridized carbons (Fsp3) is 0.889. The number of carbonyl (C=O) groups excluding carboxylic acids is 1. The number of amides is 2. The zero-order valence-electron chi connectivity index (χ0n) is 9.20. The summed E-state index contributed by atoms with van der Waals surface area (Å²) in [4.78, 5) is 13.4. The number of rotatable bonds is 2. The predicted molar refractivity (Wildman–Crippen MR) is 56.1 cm³/mol. The molecule has 2 amide bonds. The van der Waals surface area contributed by atoms with Crippen LogP contribution in [0, 0.1) is 5.41 Å². The van der Waals surface area contributed by atoms with E-state index in [0.29, 0.717) is 13.1 Å². The SMILES string of the molecule is O=C1N2CCC3(CCC3)C(C2)N1OS(=O)(=O)O.